The minimum Gasteiger partial charge on any atom is -0.508 e. The van der Waals surface area contributed by atoms with Gasteiger partial charge in [0.1, 0.15) is 11.5 Å². The van der Waals surface area contributed by atoms with Gasteiger partial charge in [-0.05, 0) is 68.6 Å². The standard InChI is InChI=1S/C10H14O2.C10H18/c1-2-3-4-8-5-9(11)7-10(12)6-8;1-8(2)10-6-4-9(3)5-7-10/h5-7,11-12H,2-4H2,1H3;4,8,10H,5-7H2,1-3H3. The highest BCUT2D eigenvalue weighted by molar-refractivity contribution is 5.36. The Morgan fingerprint density at radius 3 is 2.23 bits per heavy atom. The predicted molar refractivity (Wildman–Crippen MR) is 94.3 cm³/mol. The molecule has 1 aliphatic carbocycles. The molecule has 0 saturated heterocycles. The molecule has 0 fully saturated rings. The Kier molecular flexibility index (Phi) is 8.08. The molecule has 0 saturated carbocycles. The van der Waals surface area contributed by atoms with Crippen LogP contribution in [-0.2, 0) is 6.42 Å². The van der Waals surface area contributed by atoms with Gasteiger partial charge in [0.2, 0.25) is 0 Å². The lowest BCUT2D eigenvalue weighted by molar-refractivity contribution is 0.350. The van der Waals surface area contributed by atoms with Crippen LogP contribution >= 0.6 is 0 Å². The summed E-state index contributed by atoms with van der Waals surface area (Å²) < 4.78 is 0. The first-order valence-corrected chi connectivity index (χ1v) is 8.59. The zero-order valence-electron chi connectivity index (χ0n) is 14.6. The quantitative estimate of drug-likeness (QED) is 0.687. The lowest BCUT2D eigenvalue weighted by Gasteiger charge is -2.23. The lowest BCUT2D eigenvalue weighted by atomic mass is 9.83. The molecule has 0 aromatic heterocycles. The maximum Gasteiger partial charge on any atom is 0.119 e. The second-order valence-corrected chi connectivity index (χ2v) is 6.79. The summed E-state index contributed by atoms with van der Waals surface area (Å²) in [4.78, 5) is 0. The fraction of sp³-hybridized carbons (Fsp3) is 0.600. The van der Waals surface area contributed by atoms with Crippen LogP contribution in [0.2, 0.25) is 0 Å². The van der Waals surface area contributed by atoms with Gasteiger partial charge >= 0.3 is 0 Å². The Morgan fingerprint density at radius 2 is 1.77 bits per heavy atom. The molecule has 1 aromatic rings. The van der Waals surface area contributed by atoms with Crippen molar-refractivity contribution in [2.75, 3.05) is 0 Å². The van der Waals surface area contributed by atoms with Crippen molar-refractivity contribution in [3.05, 3.63) is 35.4 Å². The molecular formula is C20H32O2. The van der Waals surface area contributed by atoms with E-state index >= 15 is 0 Å². The summed E-state index contributed by atoms with van der Waals surface area (Å²) in [6, 6.07) is 4.72. The summed E-state index contributed by atoms with van der Waals surface area (Å²) in [6.07, 6.45) is 9.61. The predicted octanol–water partition coefficient (Wildman–Crippen LogP) is 5.83. The highest BCUT2D eigenvalue weighted by Crippen LogP contribution is 2.28. The van der Waals surface area contributed by atoms with E-state index in [4.69, 9.17) is 10.2 Å². The molecule has 0 spiro atoms. The molecule has 2 rings (SSSR count). The number of phenols is 2. The molecule has 0 heterocycles. The number of hydrogen-bond acceptors (Lipinski definition) is 2. The van der Waals surface area contributed by atoms with Gasteiger partial charge in [0.25, 0.3) is 0 Å². The Balaban J connectivity index is 0.000000224. The summed E-state index contributed by atoms with van der Waals surface area (Å²) in [6.45, 7) is 9.03. The van der Waals surface area contributed by atoms with E-state index in [-0.39, 0.29) is 11.5 Å². The highest BCUT2D eigenvalue weighted by Gasteiger charge is 2.15. The number of aryl methyl sites for hydroxylation is 1. The maximum absolute atomic E-state index is 9.13. The minimum absolute atomic E-state index is 0.140. The van der Waals surface area contributed by atoms with Crippen LogP contribution in [-0.4, -0.2) is 10.2 Å². The highest BCUT2D eigenvalue weighted by atomic mass is 16.3. The van der Waals surface area contributed by atoms with Crippen LogP contribution < -0.4 is 0 Å². The van der Waals surface area contributed by atoms with E-state index in [9.17, 15) is 0 Å². The normalized spacial score (nSPS) is 17.7. The number of rotatable bonds is 4. The molecule has 2 nitrogen and oxygen atoms in total. The van der Waals surface area contributed by atoms with Gasteiger partial charge in [-0.1, -0.05) is 38.8 Å². The third kappa shape index (κ3) is 7.02. The van der Waals surface area contributed by atoms with Crippen molar-refractivity contribution in [2.24, 2.45) is 11.8 Å². The zero-order valence-corrected chi connectivity index (χ0v) is 14.6. The van der Waals surface area contributed by atoms with Crippen LogP contribution in [0.25, 0.3) is 0 Å². The van der Waals surface area contributed by atoms with Gasteiger partial charge in [-0.15, -0.1) is 0 Å². The van der Waals surface area contributed by atoms with Gasteiger partial charge in [-0.3, -0.25) is 0 Å². The second-order valence-electron chi connectivity index (χ2n) is 6.79. The molecule has 0 amide bonds. The fourth-order valence-corrected chi connectivity index (χ4v) is 2.77. The molecule has 2 N–H and O–H groups in total. The Bertz CT molecular complexity index is 454. The van der Waals surface area contributed by atoms with Gasteiger partial charge < -0.3 is 10.2 Å². The van der Waals surface area contributed by atoms with E-state index in [0.717, 1.165) is 36.7 Å². The third-order valence-electron chi connectivity index (χ3n) is 4.40. The summed E-state index contributed by atoms with van der Waals surface area (Å²) in [5.41, 5.74) is 2.59. The molecule has 0 aliphatic heterocycles. The Labute approximate surface area is 135 Å². The first kappa shape index (κ1) is 18.6. The van der Waals surface area contributed by atoms with E-state index < -0.39 is 0 Å². The van der Waals surface area contributed by atoms with E-state index in [2.05, 4.69) is 33.8 Å². The van der Waals surface area contributed by atoms with Crippen molar-refractivity contribution in [3.63, 3.8) is 0 Å². The molecule has 1 aliphatic rings. The number of phenolic OH excluding ortho intramolecular Hbond substituents is 2. The average Bonchev–Trinajstić information content (AvgIpc) is 2.45. The van der Waals surface area contributed by atoms with Crippen LogP contribution in [0.5, 0.6) is 11.5 Å². The Hall–Kier alpha value is -1.44. The number of hydrogen-bond donors (Lipinski definition) is 2. The van der Waals surface area contributed by atoms with Crippen LogP contribution in [0.4, 0.5) is 0 Å². The molecule has 2 heteroatoms. The summed E-state index contributed by atoms with van der Waals surface area (Å²) in [7, 11) is 0. The molecule has 124 valence electrons. The SMILES string of the molecule is CC1=CCC(C(C)C)CC1.CCCCc1cc(O)cc(O)c1. The second kappa shape index (κ2) is 9.55. The molecular weight excluding hydrogens is 272 g/mol. The largest absolute Gasteiger partial charge is 0.508 e. The number of allylic oxidation sites excluding steroid dienone is 2. The van der Waals surface area contributed by atoms with E-state index in [1.54, 1.807) is 17.7 Å². The molecule has 22 heavy (non-hydrogen) atoms. The smallest absolute Gasteiger partial charge is 0.119 e. The van der Waals surface area contributed by atoms with Crippen molar-refractivity contribution in [1.29, 1.82) is 0 Å². The summed E-state index contributed by atoms with van der Waals surface area (Å²) in [5, 5.41) is 18.3. The Morgan fingerprint density at radius 1 is 1.14 bits per heavy atom. The van der Waals surface area contributed by atoms with Crippen molar-refractivity contribution in [1.82, 2.24) is 0 Å². The molecule has 1 aromatic carbocycles. The van der Waals surface area contributed by atoms with Crippen molar-refractivity contribution in [3.8, 4) is 11.5 Å². The summed E-state index contributed by atoms with van der Waals surface area (Å²) in [5.74, 6) is 2.12. The van der Waals surface area contributed by atoms with Crippen LogP contribution in [0.1, 0.15) is 65.4 Å². The van der Waals surface area contributed by atoms with Gasteiger partial charge in [0, 0.05) is 6.07 Å². The molecule has 1 unspecified atom stereocenters. The van der Waals surface area contributed by atoms with E-state index in [0.29, 0.717) is 0 Å². The minimum atomic E-state index is 0.140. The van der Waals surface area contributed by atoms with Crippen LogP contribution in [0, 0.1) is 11.8 Å². The molecule has 0 radical (unpaired) electrons. The van der Waals surface area contributed by atoms with Gasteiger partial charge in [-0.2, -0.15) is 0 Å². The van der Waals surface area contributed by atoms with Crippen molar-refractivity contribution >= 4 is 0 Å². The monoisotopic (exact) mass is 304 g/mol. The van der Waals surface area contributed by atoms with E-state index in [1.165, 1.54) is 25.3 Å². The zero-order chi connectivity index (χ0) is 16.5. The van der Waals surface area contributed by atoms with Gasteiger partial charge in [-0.25, -0.2) is 0 Å². The number of unbranched alkanes of at least 4 members (excludes halogenated alkanes) is 1. The topological polar surface area (TPSA) is 40.5 Å². The molecule has 1 atom stereocenters. The molecule has 0 bridgehead atoms. The van der Waals surface area contributed by atoms with Crippen LogP contribution in [0.3, 0.4) is 0 Å². The first-order chi connectivity index (χ1) is 10.4. The summed E-state index contributed by atoms with van der Waals surface area (Å²) >= 11 is 0. The van der Waals surface area contributed by atoms with Crippen LogP contribution in [0.15, 0.2) is 29.8 Å². The van der Waals surface area contributed by atoms with Crippen molar-refractivity contribution in [2.45, 2.75) is 66.2 Å². The third-order valence-corrected chi connectivity index (χ3v) is 4.40. The number of aromatic hydroxyl groups is 2. The average molecular weight is 304 g/mol. The lowest BCUT2D eigenvalue weighted by Crippen LogP contribution is -2.10. The van der Waals surface area contributed by atoms with Gasteiger partial charge in [0.05, 0.1) is 0 Å². The maximum atomic E-state index is 9.13. The van der Waals surface area contributed by atoms with Crippen molar-refractivity contribution < 1.29 is 10.2 Å². The van der Waals surface area contributed by atoms with E-state index in [1.807, 2.05) is 0 Å². The van der Waals surface area contributed by atoms with Gasteiger partial charge in [0.15, 0.2) is 0 Å². The fourth-order valence-electron chi connectivity index (χ4n) is 2.77. The first-order valence-electron chi connectivity index (χ1n) is 8.59. The number of benzene rings is 1.